The van der Waals surface area contributed by atoms with E-state index >= 15 is 0 Å². The number of aromatic nitrogens is 3. The van der Waals surface area contributed by atoms with Crippen molar-refractivity contribution in [2.75, 3.05) is 0 Å². The van der Waals surface area contributed by atoms with Crippen LogP contribution < -0.4 is 4.74 Å². The molecule has 5 aliphatic rings. The van der Waals surface area contributed by atoms with Crippen LogP contribution in [0.2, 0.25) is 0 Å². The Balaban J connectivity index is 1.03. The lowest BCUT2D eigenvalue weighted by Gasteiger charge is -2.43. The van der Waals surface area contributed by atoms with Crippen molar-refractivity contribution in [2.24, 2.45) is 11.8 Å². The number of hydrogen-bond donors (Lipinski definition) is 0. The lowest BCUT2D eigenvalue weighted by atomic mass is 9.62. The topological polar surface area (TPSA) is 61.0 Å². The van der Waals surface area contributed by atoms with Crippen LogP contribution in [0.4, 0.5) is 0 Å². The average molecular weight is 750 g/mol. The Morgan fingerprint density at radius 3 is 2.33 bits per heavy atom. The van der Waals surface area contributed by atoms with Crippen molar-refractivity contribution in [3.8, 4) is 22.9 Å². The SMILES string of the molecule is CC1C=CC(c2ccc3c(c2)Oc2ccccc2C32c3ccccc3C3C=CC=CC32)=C(c2nc(-c3ccc4c(c3)oc3ccccc34)nc(C3C=CC=CC3)n2)C1. The second-order valence-corrected chi connectivity index (χ2v) is 16.3. The standard InChI is InChI=1S/C53H39N3O2/c1-32-23-26-36(34-25-28-45-49(30-34)58-47-22-12-10-20-44(47)53(45)42-18-8-5-15-37(42)38-16-6-9-19-43(38)53)41(29-32)52-55-50(33-13-3-2-4-14-33)54-51(56-52)35-24-27-40-39-17-7-11-21-46(39)57-48(40)31-35/h2-13,15-28,30-33,37,42H,14,29H2,1H3. The summed E-state index contributed by atoms with van der Waals surface area (Å²) in [6, 6.07) is 39.0. The van der Waals surface area contributed by atoms with E-state index in [0.29, 0.717) is 17.6 Å². The zero-order chi connectivity index (χ0) is 38.4. The van der Waals surface area contributed by atoms with Crippen LogP contribution in [-0.2, 0) is 5.41 Å². The Hall–Kier alpha value is -6.85. The molecule has 0 radical (unpaired) electrons. The highest BCUT2D eigenvalue weighted by Gasteiger charge is 2.56. The van der Waals surface area contributed by atoms with Gasteiger partial charge >= 0.3 is 0 Å². The van der Waals surface area contributed by atoms with Gasteiger partial charge in [0.05, 0.1) is 5.41 Å². The second kappa shape index (κ2) is 12.8. The normalized spacial score (nSPS) is 23.6. The first-order valence-electron chi connectivity index (χ1n) is 20.4. The van der Waals surface area contributed by atoms with Crippen molar-refractivity contribution in [3.05, 3.63) is 209 Å². The molecule has 1 spiro atoms. The van der Waals surface area contributed by atoms with Gasteiger partial charge in [-0.1, -0.05) is 147 Å². The molecule has 1 aliphatic heterocycles. The zero-order valence-electron chi connectivity index (χ0n) is 32.0. The minimum absolute atomic E-state index is 0.0521. The van der Waals surface area contributed by atoms with Gasteiger partial charge in [0.25, 0.3) is 0 Å². The summed E-state index contributed by atoms with van der Waals surface area (Å²) < 4.78 is 13.3. The molecule has 0 fully saturated rings. The minimum Gasteiger partial charge on any atom is -0.457 e. The molecule has 5 unspecified atom stereocenters. The fraction of sp³-hybridized carbons (Fsp3) is 0.151. The number of para-hydroxylation sites is 2. The minimum atomic E-state index is -0.389. The van der Waals surface area contributed by atoms with E-state index in [1.165, 1.54) is 22.3 Å². The van der Waals surface area contributed by atoms with Crippen LogP contribution in [-0.4, -0.2) is 15.0 Å². The molecule has 3 heterocycles. The maximum atomic E-state index is 6.93. The summed E-state index contributed by atoms with van der Waals surface area (Å²) in [6.45, 7) is 2.26. The van der Waals surface area contributed by atoms with Crippen molar-refractivity contribution in [2.45, 2.75) is 37.0 Å². The third-order valence-electron chi connectivity index (χ3n) is 12.9. The lowest BCUT2D eigenvalue weighted by molar-refractivity contribution is 0.374. The van der Waals surface area contributed by atoms with Crippen LogP contribution >= 0.6 is 0 Å². The van der Waals surface area contributed by atoms with E-state index in [-0.39, 0.29) is 23.2 Å². The summed E-state index contributed by atoms with van der Waals surface area (Å²) in [7, 11) is 0. The average Bonchev–Trinajstić information content (AvgIpc) is 3.80. The van der Waals surface area contributed by atoms with Gasteiger partial charge in [-0.05, 0) is 71.4 Å². The molecule has 0 bridgehead atoms. The number of rotatable bonds is 4. The maximum Gasteiger partial charge on any atom is 0.163 e. The zero-order valence-corrected chi connectivity index (χ0v) is 32.0. The monoisotopic (exact) mass is 749 g/mol. The Morgan fingerprint density at radius 1 is 0.621 bits per heavy atom. The third-order valence-corrected chi connectivity index (χ3v) is 12.9. The van der Waals surface area contributed by atoms with Crippen LogP contribution in [0.3, 0.4) is 0 Å². The Labute approximate surface area is 337 Å². The molecular formula is C53H39N3O2. The molecule has 0 saturated heterocycles. The van der Waals surface area contributed by atoms with Crippen LogP contribution in [0.1, 0.15) is 71.1 Å². The van der Waals surface area contributed by atoms with Gasteiger partial charge in [-0.25, -0.2) is 15.0 Å². The van der Waals surface area contributed by atoms with Crippen molar-refractivity contribution in [3.63, 3.8) is 0 Å². The van der Waals surface area contributed by atoms with E-state index in [1.807, 2.05) is 18.2 Å². The Morgan fingerprint density at radius 2 is 1.40 bits per heavy atom. The smallest absolute Gasteiger partial charge is 0.163 e. The molecule has 0 saturated carbocycles. The van der Waals surface area contributed by atoms with Crippen LogP contribution in [0.5, 0.6) is 11.5 Å². The molecule has 12 rings (SSSR count). The fourth-order valence-electron chi connectivity index (χ4n) is 10.3. The van der Waals surface area contributed by atoms with Crippen molar-refractivity contribution >= 4 is 33.1 Å². The van der Waals surface area contributed by atoms with Crippen molar-refractivity contribution in [1.82, 2.24) is 15.0 Å². The predicted molar refractivity (Wildman–Crippen MR) is 232 cm³/mol. The number of allylic oxidation sites excluding steroid dienone is 12. The summed E-state index contributed by atoms with van der Waals surface area (Å²) in [5.41, 5.74) is 10.7. The van der Waals surface area contributed by atoms with Crippen LogP contribution in [0.15, 0.2) is 174 Å². The van der Waals surface area contributed by atoms with Gasteiger partial charge in [-0.3, -0.25) is 0 Å². The molecule has 278 valence electrons. The molecule has 5 atom stereocenters. The Bertz CT molecular complexity index is 3050. The summed E-state index contributed by atoms with van der Waals surface area (Å²) in [5.74, 6) is 4.81. The summed E-state index contributed by atoms with van der Waals surface area (Å²) in [5, 5.41) is 2.18. The molecule has 0 N–H and O–H groups in total. The highest BCUT2D eigenvalue weighted by Crippen LogP contribution is 2.64. The maximum absolute atomic E-state index is 6.93. The predicted octanol–water partition coefficient (Wildman–Crippen LogP) is 12.8. The molecule has 5 nitrogen and oxygen atoms in total. The fourth-order valence-corrected chi connectivity index (χ4v) is 10.3. The second-order valence-electron chi connectivity index (χ2n) is 16.3. The van der Waals surface area contributed by atoms with E-state index in [2.05, 4.69) is 159 Å². The van der Waals surface area contributed by atoms with Crippen molar-refractivity contribution < 1.29 is 9.15 Å². The van der Waals surface area contributed by atoms with Gasteiger partial charge in [0.2, 0.25) is 0 Å². The number of hydrogen-bond acceptors (Lipinski definition) is 5. The molecule has 4 aliphatic carbocycles. The van der Waals surface area contributed by atoms with Gasteiger partial charge in [-0.2, -0.15) is 0 Å². The summed E-state index contributed by atoms with van der Waals surface area (Å²) >= 11 is 0. The van der Waals surface area contributed by atoms with Gasteiger partial charge in [0.1, 0.15) is 28.5 Å². The van der Waals surface area contributed by atoms with Gasteiger partial charge in [-0.15, -0.1) is 0 Å². The number of benzene rings is 5. The summed E-state index contributed by atoms with van der Waals surface area (Å²) in [4.78, 5) is 15.7. The first-order valence-corrected chi connectivity index (χ1v) is 20.4. The number of ether oxygens (including phenoxy) is 1. The molecule has 2 aromatic heterocycles. The lowest BCUT2D eigenvalue weighted by Crippen LogP contribution is -2.37. The largest absolute Gasteiger partial charge is 0.457 e. The molecule has 5 heteroatoms. The van der Waals surface area contributed by atoms with Crippen LogP contribution in [0, 0.1) is 11.8 Å². The molecular weight excluding hydrogens is 711 g/mol. The van der Waals surface area contributed by atoms with E-state index in [4.69, 9.17) is 24.1 Å². The highest BCUT2D eigenvalue weighted by atomic mass is 16.5. The third kappa shape index (κ3) is 4.92. The summed E-state index contributed by atoms with van der Waals surface area (Å²) in [6.07, 6.45) is 24.0. The van der Waals surface area contributed by atoms with Crippen LogP contribution in [0.25, 0.3) is 44.5 Å². The van der Waals surface area contributed by atoms with Gasteiger partial charge < -0.3 is 9.15 Å². The molecule has 0 amide bonds. The van der Waals surface area contributed by atoms with Crippen molar-refractivity contribution in [1.29, 1.82) is 0 Å². The first kappa shape index (κ1) is 33.3. The van der Waals surface area contributed by atoms with E-state index in [9.17, 15) is 0 Å². The Kier molecular flexibility index (Phi) is 7.37. The van der Waals surface area contributed by atoms with E-state index in [1.54, 1.807) is 0 Å². The highest BCUT2D eigenvalue weighted by molar-refractivity contribution is 6.05. The number of nitrogens with zero attached hydrogens (tertiary/aromatic N) is 3. The molecule has 7 aromatic rings. The molecule has 5 aromatic carbocycles. The number of fused-ring (bicyclic) bond motifs is 12. The molecule has 58 heavy (non-hydrogen) atoms. The quantitative estimate of drug-likeness (QED) is 0.179. The number of furan rings is 1. The van der Waals surface area contributed by atoms with E-state index in [0.717, 1.165) is 74.4 Å². The van der Waals surface area contributed by atoms with E-state index < -0.39 is 0 Å². The van der Waals surface area contributed by atoms with Gasteiger partial charge in [0, 0.05) is 50.8 Å². The first-order chi connectivity index (χ1) is 28.6. The van der Waals surface area contributed by atoms with Gasteiger partial charge in [0.15, 0.2) is 11.6 Å².